The Balaban J connectivity index is 3.40. The molecule has 0 heterocycles. The van der Waals surface area contributed by atoms with Crippen LogP contribution < -0.4 is 9.44 Å². The Kier molecular flexibility index (Phi) is 5.68. The van der Waals surface area contributed by atoms with Gasteiger partial charge >= 0.3 is 5.97 Å². The van der Waals surface area contributed by atoms with E-state index < -0.39 is 47.8 Å². The predicted octanol–water partition coefficient (Wildman–Crippen LogP) is -0.0178. The second kappa shape index (κ2) is 6.73. The number of hydrogen-bond donors (Lipinski definition) is 3. The summed E-state index contributed by atoms with van der Waals surface area (Å²) >= 11 is 0. The molecule has 0 radical (unpaired) electrons. The van der Waals surface area contributed by atoms with E-state index in [-0.39, 0.29) is 0 Å². The van der Waals surface area contributed by atoms with Crippen LogP contribution in [-0.2, 0) is 24.8 Å². The second-order valence-corrected chi connectivity index (χ2v) is 8.37. The Labute approximate surface area is 129 Å². The fourth-order valence-electron chi connectivity index (χ4n) is 1.71. The largest absolute Gasteiger partial charge is 0.480 e. The molecule has 124 valence electrons. The van der Waals surface area contributed by atoms with E-state index in [1.165, 1.54) is 26.0 Å². The summed E-state index contributed by atoms with van der Waals surface area (Å²) in [6.07, 6.45) is 0. The van der Waals surface area contributed by atoms with Crippen molar-refractivity contribution < 1.29 is 26.7 Å². The van der Waals surface area contributed by atoms with Crippen LogP contribution in [0, 0.1) is 5.92 Å². The summed E-state index contributed by atoms with van der Waals surface area (Å²) in [5, 5.41) is 9.07. The van der Waals surface area contributed by atoms with E-state index in [2.05, 4.69) is 0 Å². The highest BCUT2D eigenvalue weighted by molar-refractivity contribution is 7.92. The predicted molar refractivity (Wildman–Crippen MR) is 79.3 cm³/mol. The quantitative estimate of drug-likeness (QED) is 0.634. The smallest absolute Gasteiger partial charge is 0.322 e. The van der Waals surface area contributed by atoms with E-state index in [1.807, 2.05) is 9.44 Å². The maximum absolute atomic E-state index is 12.4. The Morgan fingerprint density at radius 3 is 1.86 bits per heavy atom. The molecular weight excluding hydrogens is 332 g/mol. The molecule has 0 spiro atoms. The molecule has 1 atom stereocenters. The van der Waals surface area contributed by atoms with Gasteiger partial charge in [-0.25, -0.2) is 21.6 Å². The summed E-state index contributed by atoms with van der Waals surface area (Å²) in [7, 11) is -7.18. The van der Waals surface area contributed by atoms with Gasteiger partial charge in [0.15, 0.2) is 0 Å². The lowest BCUT2D eigenvalue weighted by Gasteiger charge is -2.19. The molecule has 1 aromatic rings. The molecule has 22 heavy (non-hydrogen) atoms. The molecule has 8 nitrogen and oxygen atoms in total. The van der Waals surface area contributed by atoms with Gasteiger partial charge in [-0.05, 0) is 25.1 Å². The van der Waals surface area contributed by atoms with Crippen LogP contribution in [0.3, 0.4) is 0 Å². The molecule has 10 heteroatoms. The number of aliphatic carboxylic acids is 1. The third kappa shape index (κ3) is 4.03. The van der Waals surface area contributed by atoms with Gasteiger partial charge < -0.3 is 5.11 Å². The van der Waals surface area contributed by atoms with E-state index in [4.69, 9.17) is 5.11 Å². The first-order chi connectivity index (χ1) is 10.0. The van der Waals surface area contributed by atoms with Crippen LogP contribution >= 0.6 is 0 Å². The van der Waals surface area contributed by atoms with Crippen molar-refractivity contribution in [1.82, 2.24) is 9.44 Å². The number of carboxylic acid groups (broad SMARTS) is 1. The van der Waals surface area contributed by atoms with Gasteiger partial charge in [-0.2, -0.15) is 4.72 Å². The Morgan fingerprint density at radius 2 is 1.50 bits per heavy atom. The zero-order valence-corrected chi connectivity index (χ0v) is 13.9. The lowest BCUT2D eigenvalue weighted by molar-refractivity contribution is -0.140. The first-order valence-corrected chi connectivity index (χ1v) is 9.27. The number of hydrogen-bond acceptors (Lipinski definition) is 5. The first kappa shape index (κ1) is 18.6. The zero-order chi connectivity index (χ0) is 17.1. The summed E-state index contributed by atoms with van der Waals surface area (Å²) < 4.78 is 52.6. The molecule has 0 aromatic heterocycles. The van der Waals surface area contributed by atoms with Crippen LogP contribution in [0.25, 0.3) is 0 Å². The third-order valence-corrected chi connectivity index (χ3v) is 6.01. The van der Waals surface area contributed by atoms with Crippen LogP contribution in [0.4, 0.5) is 0 Å². The molecule has 0 aliphatic rings. The van der Waals surface area contributed by atoms with Gasteiger partial charge in [0.05, 0.1) is 0 Å². The molecule has 0 saturated heterocycles. The number of benzene rings is 1. The van der Waals surface area contributed by atoms with Crippen LogP contribution in [-0.4, -0.2) is 41.0 Å². The molecule has 0 bridgehead atoms. The van der Waals surface area contributed by atoms with Crippen molar-refractivity contribution in [3.8, 4) is 0 Å². The van der Waals surface area contributed by atoms with Crippen molar-refractivity contribution in [1.29, 1.82) is 0 Å². The van der Waals surface area contributed by atoms with E-state index in [9.17, 15) is 21.6 Å². The minimum atomic E-state index is -4.32. The average molecular weight is 350 g/mol. The zero-order valence-electron chi connectivity index (χ0n) is 12.3. The second-order valence-electron chi connectivity index (χ2n) is 4.84. The van der Waals surface area contributed by atoms with Crippen molar-refractivity contribution in [2.75, 3.05) is 7.05 Å². The minimum Gasteiger partial charge on any atom is -0.480 e. The van der Waals surface area contributed by atoms with E-state index in [0.29, 0.717) is 0 Å². The van der Waals surface area contributed by atoms with Crippen LogP contribution in [0.5, 0.6) is 0 Å². The fourth-order valence-corrected chi connectivity index (χ4v) is 4.60. The number of sulfonamides is 2. The first-order valence-electron chi connectivity index (χ1n) is 6.30. The molecule has 0 amide bonds. The van der Waals surface area contributed by atoms with Crippen molar-refractivity contribution in [3.63, 3.8) is 0 Å². The Bertz CT molecular complexity index is 756. The lowest BCUT2D eigenvalue weighted by atomic mass is 10.1. The SMILES string of the molecule is CNS(=O)(=O)c1ccccc1S(=O)(=O)N[C@H](C(=O)O)C(C)C. The summed E-state index contributed by atoms with van der Waals surface area (Å²) in [5.41, 5.74) is 0. The third-order valence-electron chi connectivity index (χ3n) is 2.91. The van der Waals surface area contributed by atoms with Crippen molar-refractivity contribution in [2.24, 2.45) is 5.92 Å². The summed E-state index contributed by atoms with van der Waals surface area (Å²) in [6.45, 7) is 3.08. The molecule has 0 saturated carbocycles. The molecule has 0 aliphatic heterocycles. The fraction of sp³-hybridized carbons (Fsp3) is 0.417. The highest BCUT2D eigenvalue weighted by Crippen LogP contribution is 2.21. The van der Waals surface area contributed by atoms with E-state index in [0.717, 1.165) is 19.2 Å². The minimum absolute atomic E-state index is 0.446. The maximum Gasteiger partial charge on any atom is 0.322 e. The highest BCUT2D eigenvalue weighted by atomic mass is 32.2. The monoisotopic (exact) mass is 350 g/mol. The molecule has 0 fully saturated rings. The van der Waals surface area contributed by atoms with Gasteiger partial charge in [-0.1, -0.05) is 26.0 Å². The normalized spacial score (nSPS) is 14.0. The van der Waals surface area contributed by atoms with Gasteiger partial charge in [-0.15, -0.1) is 0 Å². The Morgan fingerprint density at radius 1 is 1.05 bits per heavy atom. The highest BCUT2D eigenvalue weighted by Gasteiger charge is 2.31. The van der Waals surface area contributed by atoms with Crippen molar-refractivity contribution in [3.05, 3.63) is 24.3 Å². The van der Waals surface area contributed by atoms with Crippen LogP contribution in [0.2, 0.25) is 0 Å². The van der Waals surface area contributed by atoms with Gasteiger partial charge in [0.1, 0.15) is 15.8 Å². The molecule has 1 aromatic carbocycles. The standard InChI is InChI=1S/C12H18N2O6S2/c1-8(2)11(12(15)16)14-22(19,20)10-7-5-4-6-9(10)21(17,18)13-3/h4-8,11,13-14H,1-3H3,(H,15,16)/t11-/m0/s1. The summed E-state index contributed by atoms with van der Waals surface area (Å²) in [6, 6.07) is 3.60. The topological polar surface area (TPSA) is 130 Å². The summed E-state index contributed by atoms with van der Waals surface area (Å²) in [5.74, 6) is -1.85. The number of carbonyl (C=O) groups is 1. The van der Waals surface area contributed by atoms with Gasteiger partial charge in [-0.3, -0.25) is 4.79 Å². The molecule has 0 aliphatic carbocycles. The van der Waals surface area contributed by atoms with Crippen molar-refractivity contribution >= 4 is 26.0 Å². The molecule has 1 rings (SSSR count). The lowest BCUT2D eigenvalue weighted by Crippen LogP contribution is -2.44. The van der Waals surface area contributed by atoms with Crippen LogP contribution in [0.1, 0.15) is 13.8 Å². The van der Waals surface area contributed by atoms with Gasteiger partial charge in [0.25, 0.3) is 0 Å². The Hall–Kier alpha value is -1.49. The van der Waals surface area contributed by atoms with Gasteiger partial charge in [0, 0.05) is 0 Å². The molecular formula is C12H18N2O6S2. The molecule has 0 unspecified atom stereocenters. The maximum atomic E-state index is 12.4. The van der Waals surface area contributed by atoms with E-state index in [1.54, 1.807) is 0 Å². The van der Waals surface area contributed by atoms with Gasteiger partial charge in [0.2, 0.25) is 20.0 Å². The summed E-state index contributed by atoms with van der Waals surface area (Å²) in [4.78, 5) is 10.2. The number of carboxylic acids is 1. The number of nitrogens with one attached hydrogen (secondary N) is 2. The van der Waals surface area contributed by atoms with E-state index >= 15 is 0 Å². The van der Waals surface area contributed by atoms with Crippen LogP contribution in [0.15, 0.2) is 34.1 Å². The average Bonchev–Trinajstić information content (AvgIpc) is 2.44. The van der Waals surface area contributed by atoms with Crippen molar-refractivity contribution in [2.45, 2.75) is 29.7 Å². The number of rotatable bonds is 7. The molecule has 3 N–H and O–H groups in total.